The van der Waals surface area contributed by atoms with E-state index in [9.17, 15) is 4.79 Å². The lowest BCUT2D eigenvalue weighted by Gasteiger charge is -2.16. The van der Waals surface area contributed by atoms with Gasteiger partial charge in [-0.1, -0.05) is 41.9 Å². The quantitative estimate of drug-likeness (QED) is 0.466. The second kappa shape index (κ2) is 5.11. The first-order valence-corrected chi connectivity index (χ1v) is 6.15. The molecule has 0 radical (unpaired) electrons. The minimum absolute atomic E-state index is 0.177. The monoisotopic (exact) mass is 270 g/mol. The van der Waals surface area contributed by atoms with Gasteiger partial charge in [-0.15, -0.1) is 11.6 Å². The number of rotatable bonds is 2. The third kappa shape index (κ3) is 2.48. The van der Waals surface area contributed by atoms with E-state index in [1.807, 2.05) is 30.3 Å². The molecule has 2 nitrogen and oxygen atoms in total. The first-order chi connectivity index (χ1) is 8.11. The summed E-state index contributed by atoms with van der Waals surface area (Å²) in [6.45, 7) is 1.98. The molecule has 4 heteroatoms. The van der Waals surface area contributed by atoms with Crippen LogP contribution in [0.1, 0.15) is 17.9 Å². The average molecular weight is 271 g/mol. The lowest BCUT2D eigenvalue weighted by Crippen LogP contribution is -2.11. The Kier molecular flexibility index (Phi) is 3.75. The first kappa shape index (κ1) is 12.5. The number of carbonyl (C=O) groups is 1. The molecule has 2 rings (SSSR count). The van der Waals surface area contributed by atoms with Gasteiger partial charge in [0.15, 0.2) is 0 Å². The predicted molar refractivity (Wildman–Crippen MR) is 68.0 cm³/mol. The maximum Gasteiger partial charge on any atom is 0.335 e. The van der Waals surface area contributed by atoms with Gasteiger partial charge in [0.25, 0.3) is 0 Å². The molecule has 0 N–H and O–H groups in total. The second-order valence-electron chi connectivity index (χ2n) is 3.96. The average Bonchev–Trinajstić information content (AvgIpc) is 2.71. The van der Waals surface area contributed by atoms with Gasteiger partial charge >= 0.3 is 5.97 Å². The molecule has 1 saturated heterocycles. The van der Waals surface area contributed by atoms with Gasteiger partial charge in [-0.05, 0) is 12.5 Å². The summed E-state index contributed by atoms with van der Waals surface area (Å²) in [5, 5.41) is 0.158. The van der Waals surface area contributed by atoms with Crippen LogP contribution in [-0.4, -0.2) is 12.6 Å². The number of hydrogen-bond donors (Lipinski definition) is 0. The smallest absolute Gasteiger partial charge is 0.335 e. The number of carbonyl (C=O) groups excluding carboxylic acids is 1. The number of hydrogen-bond acceptors (Lipinski definition) is 2. The van der Waals surface area contributed by atoms with Crippen molar-refractivity contribution in [1.82, 2.24) is 0 Å². The highest BCUT2D eigenvalue weighted by Gasteiger charge is 2.37. The zero-order chi connectivity index (χ0) is 12.4. The molecule has 0 unspecified atom stereocenters. The summed E-state index contributed by atoms with van der Waals surface area (Å²) in [5.74, 6) is -0.534. The Bertz CT molecular complexity index is 450. The Morgan fingerprint density at radius 2 is 2.06 bits per heavy atom. The van der Waals surface area contributed by atoms with Crippen molar-refractivity contribution < 1.29 is 9.53 Å². The topological polar surface area (TPSA) is 26.3 Å². The summed E-state index contributed by atoms with van der Waals surface area (Å²) < 4.78 is 5.02. The molecule has 0 saturated carbocycles. The van der Waals surface area contributed by atoms with Gasteiger partial charge < -0.3 is 4.74 Å². The predicted octanol–water partition coefficient (Wildman–Crippen LogP) is 3.65. The fraction of sp³-hybridized carbons (Fsp3) is 0.308. The van der Waals surface area contributed by atoms with E-state index >= 15 is 0 Å². The largest absolute Gasteiger partial charge is 0.462 e. The van der Waals surface area contributed by atoms with Crippen molar-refractivity contribution >= 4 is 29.2 Å². The summed E-state index contributed by atoms with van der Waals surface area (Å²) >= 11 is 12.3. The number of halogens is 2. The fourth-order valence-electron chi connectivity index (χ4n) is 1.97. The van der Waals surface area contributed by atoms with Crippen molar-refractivity contribution in [3.05, 3.63) is 46.5 Å². The van der Waals surface area contributed by atoms with E-state index in [1.54, 1.807) is 6.92 Å². The summed E-state index contributed by atoms with van der Waals surface area (Å²) in [5.41, 5.74) is 1.46. The third-order valence-corrected chi connectivity index (χ3v) is 3.59. The van der Waals surface area contributed by atoms with Crippen molar-refractivity contribution in [2.75, 3.05) is 6.61 Å². The Balaban J connectivity index is 2.30. The minimum Gasteiger partial charge on any atom is -0.462 e. The van der Waals surface area contributed by atoms with Crippen LogP contribution in [0.3, 0.4) is 0 Å². The molecule has 0 bridgehead atoms. The van der Waals surface area contributed by atoms with E-state index in [0.29, 0.717) is 17.2 Å². The number of ether oxygens (including phenoxy) is 1. The zero-order valence-corrected chi connectivity index (χ0v) is 10.8. The van der Waals surface area contributed by atoms with Gasteiger partial charge in [0, 0.05) is 11.0 Å². The van der Waals surface area contributed by atoms with Crippen molar-refractivity contribution in [2.24, 2.45) is 5.92 Å². The molecule has 1 aromatic rings. The molecule has 0 amide bonds. The summed E-state index contributed by atoms with van der Waals surface area (Å²) in [6.07, 6.45) is 0. The molecule has 1 aliphatic heterocycles. The van der Waals surface area contributed by atoms with Crippen LogP contribution >= 0.6 is 23.2 Å². The molecule has 1 fully saturated rings. The van der Waals surface area contributed by atoms with E-state index in [1.165, 1.54) is 0 Å². The molecule has 0 aromatic heterocycles. The van der Waals surface area contributed by atoms with Crippen molar-refractivity contribution in [3.8, 4) is 0 Å². The standard InChI is InChI=1S/C13H12Cl2O2/c1-8(14)11-10(7-17-13(11)16)12(15)9-5-3-2-4-6-9/h2-6,10,12H,7H2,1H3/b11-8-/t10-,12-/m1/s1. The van der Waals surface area contributed by atoms with Crippen molar-refractivity contribution in [2.45, 2.75) is 12.3 Å². The Morgan fingerprint density at radius 1 is 1.41 bits per heavy atom. The highest BCUT2D eigenvalue weighted by molar-refractivity contribution is 6.31. The van der Waals surface area contributed by atoms with Gasteiger partial charge in [-0.3, -0.25) is 0 Å². The third-order valence-electron chi connectivity index (χ3n) is 2.83. The molecular weight excluding hydrogens is 259 g/mol. The highest BCUT2D eigenvalue weighted by Crippen LogP contribution is 2.39. The summed E-state index contributed by atoms with van der Waals surface area (Å²) in [4.78, 5) is 11.5. The van der Waals surface area contributed by atoms with Gasteiger partial charge in [-0.2, -0.15) is 0 Å². The molecule has 17 heavy (non-hydrogen) atoms. The number of alkyl halides is 1. The van der Waals surface area contributed by atoms with Crippen LogP contribution in [0.4, 0.5) is 0 Å². The maximum absolute atomic E-state index is 11.5. The summed E-state index contributed by atoms with van der Waals surface area (Å²) in [7, 11) is 0. The Morgan fingerprint density at radius 3 is 2.65 bits per heavy atom. The van der Waals surface area contributed by atoms with Gasteiger partial charge in [0.2, 0.25) is 0 Å². The highest BCUT2D eigenvalue weighted by atomic mass is 35.5. The maximum atomic E-state index is 11.5. The van der Waals surface area contributed by atoms with Crippen molar-refractivity contribution in [1.29, 1.82) is 0 Å². The van der Waals surface area contributed by atoms with E-state index in [2.05, 4.69) is 0 Å². The van der Waals surface area contributed by atoms with Crippen LogP contribution in [0.5, 0.6) is 0 Å². The molecule has 1 aromatic carbocycles. The molecular formula is C13H12Cl2O2. The number of benzene rings is 1. The van der Waals surface area contributed by atoms with Crippen LogP contribution in [0.25, 0.3) is 0 Å². The molecule has 1 aliphatic rings. The first-order valence-electron chi connectivity index (χ1n) is 5.33. The molecule has 2 atom stereocenters. The van der Waals surface area contributed by atoms with Crippen LogP contribution in [0.2, 0.25) is 0 Å². The van der Waals surface area contributed by atoms with Crippen LogP contribution in [-0.2, 0) is 9.53 Å². The SMILES string of the molecule is C/C(Cl)=C1/C(=O)OC[C@H]1[C@H](Cl)c1ccccc1. The van der Waals surface area contributed by atoms with Gasteiger partial charge in [0.05, 0.1) is 11.0 Å². The van der Waals surface area contributed by atoms with E-state index in [-0.39, 0.29) is 17.3 Å². The van der Waals surface area contributed by atoms with Crippen molar-refractivity contribution in [3.63, 3.8) is 0 Å². The van der Waals surface area contributed by atoms with E-state index in [0.717, 1.165) is 5.56 Å². The molecule has 90 valence electrons. The van der Waals surface area contributed by atoms with Crippen LogP contribution < -0.4 is 0 Å². The fourth-order valence-corrected chi connectivity index (χ4v) is 2.54. The Labute approximate surface area is 110 Å². The molecule has 0 spiro atoms. The lowest BCUT2D eigenvalue weighted by atomic mass is 9.93. The number of cyclic esters (lactones) is 1. The lowest BCUT2D eigenvalue weighted by molar-refractivity contribution is -0.135. The number of esters is 1. The minimum atomic E-state index is -0.357. The Hall–Kier alpha value is -0.990. The molecule has 1 heterocycles. The van der Waals surface area contributed by atoms with E-state index < -0.39 is 0 Å². The van der Waals surface area contributed by atoms with Gasteiger partial charge in [-0.25, -0.2) is 4.79 Å². The van der Waals surface area contributed by atoms with Gasteiger partial charge in [0.1, 0.15) is 6.61 Å². The zero-order valence-electron chi connectivity index (χ0n) is 9.32. The van der Waals surface area contributed by atoms with E-state index in [4.69, 9.17) is 27.9 Å². The van der Waals surface area contributed by atoms with Crippen LogP contribution in [0.15, 0.2) is 40.9 Å². The molecule has 0 aliphatic carbocycles. The normalized spacial score (nSPS) is 24.4. The second-order valence-corrected chi connectivity index (χ2v) is 5.00. The summed E-state index contributed by atoms with van der Waals surface area (Å²) in [6, 6.07) is 9.62. The van der Waals surface area contributed by atoms with Crippen LogP contribution in [0, 0.1) is 5.92 Å². The number of allylic oxidation sites excluding steroid dienone is 1.